The molecule has 0 aliphatic carbocycles. The maximum Gasteiger partial charge on any atom is 0.272 e. The number of hydrogen-bond donors (Lipinski definition) is 3. The summed E-state index contributed by atoms with van der Waals surface area (Å²) >= 11 is 2.85. The van der Waals surface area contributed by atoms with Gasteiger partial charge in [0.2, 0.25) is 5.91 Å². The van der Waals surface area contributed by atoms with Crippen LogP contribution in [0.25, 0.3) is 16.3 Å². The Hall–Kier alpha value is -4.67. The molecule has 0 radical (unpaired) electrons. The van der Waals surface area contributed by atoms with E-state index in [0.717, 1.165) is 20.7 Å². The van der Waals surface area contributed by atoms with Crippen LogP contribution < -0.4 is 16.0 Å². The normalized spacial score (nSPS) is 12.1. The van der Waals surface area contributed by atoms with E-state index in [1.807, 2.05) is 38.1 Å². The minimum absolute atomic E-state index is 0.0219. The Bertz CT molecular complexity index is 1750. The van der Waals surface area contributed by atoms with Crippen molar-refractivity contribution in [1.82, 2.24) is 10.3 Å². The molecule has 42 heavy (non-hydrogen) atoms. The van der Waals surface area contributed by atoms with Crippen LogP contribution in [-0.2, 0) is 9.59 Å². The number of nitrogens with zero attached hydrogens (tertiary/aromatic N) is 1. The number of rotatable bonds is 10. The van der Waals surface area contributed by atoms with E-state index in [1.54, 1.807) is 54.6 Å². The summed E-state index contributed by atoms with van der Waals surface area (Å²) in [5.74, 6) is -0.667. The van der Waals surface area contributed by atoms with E-state index in [2.05, 4.69) is 27.0 Å². The Morgan fingerprint density at radius 2 is 1.81 bits per heavy atom. The molecule has 1 unspecified atom stereocenters. The van der Waals surface area contributed by atoms with Crippen LogP contribution in [0.1, 0.15) is 35.0 Å². The standard InChI is InChI=1S/C32H28N4O4S2/c1-3-27(31(39)36-32-35-25-15-14-20(2)17-28(25)42-32)41-24-13-7-11-22(18-24)33-30(38)26(19-23-12-8-16-40-23)34-29(37)21-9-5-4-6-10-21/h4-19,27H,3H2,1-2H3,(H,33,38)(H,34,37)(H,35,36,39)/b26-19-. The third kappa shape index (κ3) is 7.34. The summed E-state index contributed by atoms with van der Waals surface area (Å²) in [6.45, 7) is 3.97. The van der Waals surface area contributed by atoms with Crippen LogP contribution in [0, 0.1) is 6.92 Å². The molecule has 0 fully saturated rings. The molecule has 3 aromatic carbocycles. The van der Waals surface area contributed by atoms with Crippen molar-refractivity contribution in [3.8, 4) is 0 Å². The molecule has 5 aromatic rings. The number of aryl methyl sites for hydroxylation is 1. The average molecular weight is 597 g/mol. The second-order valence-corrected chi connectivity index (χ2v) is 11.7. The molecule has 8 nitrogen and oxygen atoms in total. The Morgan fingerprint density at radius 1 is 0.976 bits per heavy atom. The third-order valence-corrected chi connectivity index (χ3v) is 8.46. The van der Waals surface area contributed by atoms with Crippen LogP contribution >= 0.6 is 23.1 Å². The molecule has 2 aromatic heterocycles. The lowest BCUT2D eigenvalue weighted by Gasteiger charge is -2.15. The molecule has 1 atom stereocenters. The van der Waals surface area contributed by atoms with Gasteiger partial charge in [-0.25, -0.2) is 4.98 Å². The Labute approximate surface area is 251 Å². The van der Waals surface area contributed by atoms with Gasteiger partial charge in [-0.2, -0.15) is 0 Å². The molecule has 3 N–H and O–H groups in total. The van der Waals surface area contributed by atoms with Crippen LogP contribution in [0.4, 0.5) is 10.8 Å². The number of furan rings is 1. The number of nitrogens with one attached hydrogen (secondary N) is 3. The number of amides is 3. The topological polar surface area (TPSA) is 113 Å². The molecule has 0 spiro atoms. The van der Waals surface area contributed by atoms with Gasteiger partial charge in [0.15, 0.2) is 5.13 Å². The average Bonchev–Trinajstić information content (AvgIpc) is 3.65. The van der Waals surface area contributed by atoms with Crippen LogP contribution in [0.2, 0.25) is 0 Å². The fourth-order valence-electron chi connectivity index (χ4n) is 4.06. The third-order valence-electron chi connectivity index (χ3n) is 6.17. The molecule has 2 heterocycles. The fourth-order valence-corrected chi connectivity index (χ4v) is 6.04. The molecule has 0 bridgehead atoms. The van der Waals surface area contributed by atoms with E-state index < -0.39 is 11.8 Å². The number of carbonyl (C=O) groups excluding carboxylic acids is 3. The predicted octanol–water partition coefficient (Wildman–Crippen LogP) is 7.12. The van der Waals surface area contributed by atoms with Gasteiger partial charge < -0.3 is 20.4 Å². The van der Waals surface area contributed by atoms with Gasteiger partial charge in [-0.15, -0.1) is 11.8 Å². The highest BCUT2D eigenvalue weighted by Crippen LogP contribution is 2.31. The summed E-state index contributed by atoms with van der Waals surface area (Å²) in [5, 5.41) is 8.68. The molecular weight excluding hydrogens is 569 g/mol. The van der Waals surface area contributed by atoms with Crippen molar-refractivity contribution in [3.05, 3.63) is 114 Å². The molecule has 212 valence electrons. The maximum absolute atomic E-state index is 13.3. The monoisotopic (exact) mass is 596 g/mol. The van der Waals surface area contributed by atoms with E-state index in [0.29, 0.717) is 28.6 Å². The second kappa shape index (κ2) is 13.3. The molecule has 10 heteroatoms. The summed E-state index contributed by atoms with van der Waals surface area (Å²) in [6.07, 6.45) is 3.55. The number of thioether (sulfide) groups is 1. The highest BCUT2D eigenvalue weighted by Gasteiger charge is 2.21. The molecule has 0 saturated heterocycles. The van der Waals surface area contributed by atoms with Gasteiger partial charge in [0.25, 0.3) is 11.8 Å². The van der Waals surface area contributed by atoms with Gasteiger partial charge in [-0.05, 0) is 73.5 Å². The largest absolute Gasteiger partial charge is 0.465 e. The SMILES string of the molecule is CCC(Sc1cccc(NC(=O)/C(=C/c2ccco2)NC(=O)c2ccccc2)c1)C(=O)Nc1nc2ccc(C)cc2s1. The number of fused-ring (bicyclic) bond motifs is 1. The van der Waals surface area contributed by atoms with Crippen molar-refractivity contribution in [1.29, 1.82) is 0 Å². The maximum atomic E-state index is 13.3. The van der Waals surface area contributed by atoms with Gasteiger partial charge in [-0.3, -0.25) is 14.4 Å². The van der Waals surface area contributed by atoms with Crippen molar-refractivity contribution >= 4 is 67.9 Å². The smallest absolute Gasteiger partial charge is 0.272 e. The van der Waals surface area contributed by atoms with Gasteiger partial charge in [0.05, 0.1) is 21.7 Å². The van der Waals surface area contributed by atoms with Crippen LogP contribution in [0.15, 0.2) is 106 Å². The van der Waals surface area contributed by atoms with Crippen molar-refractivity contribution in [2.45, 2.75) is 30.4 Å². The number of benzene rings is 3. The zero-order chi connectivity index (χ0) is 29.5. The zero-order valence-electron chi connectivity index (χ0n) is 22.9. The van der Waals surface area contributed by atoms with E-state index >= 15 is 0 Å². The Morgan fingerprint density at radius 3 is 2.57 bits per heavy atom. The van der Waals surface area contributed by atoms with Crippen molar-refractivity contribution in [2.75, 3.05) is 10.6 Å². The fraction of sp³-hybridized carbons (Fsp3) is 0.125. The highest BCUT2D eigenvalue weighted by molar-refractivity contribution is 8.00. The lowest BCUT2D eigenvalue weighted by Crippen LogP contribution is -2.30. The van der Waals surface area contributed by atoms with Gasteiger partial charge >= 0.3 is 0 Å². The summed E-state index contributed by atoms with van der Waals surface area (Å²) in [6, 6.07) is 25.2. The van der Waals surface area contributed by atoms with Crippen LogP contribution in [-0.4, -0.2) is 28.0 Å². The van der Waals surface area contributed by atoms with Crippen LogP contribution in [0.3, 0.4) is 0 Å². The summed E-state index contributed by atoms with van der Waals surface area (Å²) in [4.78, 5) is 44.6. The van der Waals surface area contributed by atoms with E-state index in [-0.39, 0.29) is 16.9 Å². The van der Waals surface area contributed by atoms with Crippen LogP contribution in [0.5, 0.6) is 0 Å². The van der Waals surface area contributed by atoms with Gasteiger partial charge in [0.1, 0.15) is 11.5 Å². The first kappa shape index (κ1) is 28.8. The molecule has 0 aliphatic heterocycles. The van der Waals surface area contributed by atoms with Crippen molar-refractivity contribution < 1.29 is 18.8 Å². The number of carbonyl (C=O) groups is 3. The molecule has 0 aliphatic rings. The number of hydrogen-bond acceptors (Lipinski definition) is 7. The zero-order valence-corrected chi connectivity index (χ0v) is 24.6. The number of anilines is 2. The minimum Gasteiger partial charge on any atom is -0.465 e. The first-order chi connectivity index (χ1) is 20.4. The lowest BCUT2D eigenvalue weighted by molar-refractivity contribution is -0.116. The molecule has 5 rings (SSSR count). The Balaban J connectivity index is 1.27. The molecule has 3 amide bonds. The number of thiazole rings is 1. The summed E-state index contributed by atoms with van der Waals surface area (Å²) in [5.41, 5.74) is 2.94. The van der Waals surface area contributed by atoms with Crippen molar-refractivity contribution in [3.63, 3.8) is 0 Å². The molecular formula is C32H28N4O4S2. The second-order valence-electron chi connectivity index (χ2n) is 9.37. The number of aromatic nitrogens is 1. The summed E-state index contributed by atoms with van der Waals surface area (Å²) in [7, 11) is 0. The quantitative estimate of drug-likeness (QED) is 0.117. The first-order valence-electron chi connectivity index (χ1n) is 13.3. The predicted molar refractivity (Wildman–Crippen MR) is 169 cm³/mol. The van der Waals surface area contributed by atoms with Crippen molar-refractivity contribution in [2.24, 2.45) is 0 Å². The first-order valence-corrected chi connectivity index (χ1v) is 15.0. The van der Waals surface area contributed by atoms with Gasteiger partial charge in [0, 0.05) is 22.2 Å². The summed E-state index contributed by atoms with van der Waals surface area (Å²) < 4.78 is 6.38. The minimum atomic E-state index is -0.520. The lowest BCUT2D eigenvalue weighted by atomic mass is 10.2. The van der Waals surface area contributed by atoms with Gasteiger partial charge in [-0.1, -0.05) is 48.6 Å². The highest BCUT2D eigenvalue weighted by atomic mass is 32.2. The molecule has 0 saturated carbocycles. The van der Waals surface area contributed by atoms with E-state index in [4.69, 9.17) is 4.42 Å². The Kier molecular flexibility index (Phi) is 9.15. The van der Waals surface area contributed by atoms with E-state index in [9.17, 15) is 14.4 Å². The van der Waals surface area contributed by atoms with E-state index in [1.165, 1.54) is 35.4 Å².